The highest BCUT2D eigenvalue weighted by molar-refractivity contribution is 5.99. The molecule has 0 aromatic heterocycles. The van der Waals surface area contributed by atoms with Crippen molar-refractivity contribution in [3.05, 3.63) is 200 Å². The Kier molecular flexibility index (Phi) is 4.57. The Morgan fingerprint density at radius 1 is 0.362 bits per heavy atom. The third kappa shape index (κ3) is 5.72. The summed E-state index contributed by atoms with van der Waals surface area (Å²) in [4.78, 5) is 1.70. The van der Waals surface area contributed by atoms with Crippen molar-refractivity contribution in [1.82, 2.24) is 0 Å². The lowest BCUT2D eigenvalue weighted by molar-refractivity contribution is 1.30. The van der Waals surface area contributed by atoms with Gasteiger partial charge in [0.25, 0.3) is 0 Å². The first-order chi connectivity index (χ1) is 29.1. The largest absolute Gasteiger partial charge is 0.310 e. The first-order valence-electron chi connectivity index (χ1n) is 22.0. The van der Waals surface area contributed by atoms with Crippen LogP contribution in [0.1, 0.15) is 19.2 Å². The van der Waals surface area contributed by atoms with Gasteiger partial charge in [-0.15, -0.1) is 0 Å². The van der Waals surface area contributed by atoms with Gasteiger partial charge in [0.05, 0.1) is 24.9 Å². The van der Waals surface area contributed by atoms with Crippen LogP contribution in [0.25, 0.3) is 55.3 Å². The number of nitrogens with zero attached hydrogens (tertiary/aromatic N) is 1. The van der Waals surface area contributed by atoms with Crippen molar-refractivity contribution in [3.63, 3.8) is 0 Å². The zero-order valence-corrected chi connectivity index (χ0v) is 24.9. The maximum absolute atomic E-state index is 9.53. The normalized spacial score (nSPS) is 15.1. The molecule has 8 rings (SSSR count). The molecule has 1 heteroatoms. The fraction of sp³-hybridized carbons (Fsp3) is 0. The highest BCUT2D eigenvalue weighted by Gasteiger charge is 2.16. The molecular formula is C46H33N. The van der Waals surface area contributed by atoms with Gasteiger partial charge in [-0.25, -0.2) is 0 Å². The summed E-state index contributed by atoms with van der Waals surface area (Å²) in [5.74, 6) is 0. The second-order valence-corrected chi connectivity index (χ2v) is 10.7. The Bertz CT molecular complexity index is 2990. The Labute approximate surface area is 296 Å². The van der Waals surface area contributed by atoms with Gasteiger partial charge in [0, 0.05) is 16.8 Å². The molecular weight excluding hydrogens is 567 g/mol. The Morgan fingerprint density at radius 2 is 0.957 bits per heavy atom. The van der Waals surface area contributed by atoms with Gasteiger partial charge in [-0.2, -0.15) is 0 Å². The molecule has 0 aliphatic rings. The molecule has 0 saturated carbocycles. The first-order valence-corrected chi connectivity index (χ1v) is 15.0. The lowest BCUT2D eigenvalue weighted by Gasteiger charge is -2.27. The number of benzene rings is 8. The van der Waals surface area contributed by atoms with Gasteiger partial charge in [-0.3, -0.25) is 0 Å². The van der Waals surface area contributed by atoms with E-state index in [2.05, 4.69) is 0 Å². The summed E-state index contributed by atoms with van der Waals surface area (Å²) >= 11 is 0. The molecule has 0 unspecified atom stereocenters. The monoisotopic (exact) mass is 613 g/mol. The van der Waals surface area contributed by atoms with Gasteiger partial charge in [0.15, 0.2) is 0 Å². The summed E-state index contributed by atoms with van der Waals surface area (Å²) in [5.41, 5.74) is 2.10. The zero-order valence-electron chi connectivity index (χ0n) is 38.9. The van der Waals surface area contributed by atoms with Crippen LogP contribution in [0.15, 0.2) is 200 Å². The van der Waals surface area contributed by atoms with Crippen molar-refractivity contribution in [3.8, 4) is 44.5 Å². The maximum Gasteiger partial charge on any atom is 0.0645 e. The highest BCUT2D eigenvalue weighted by atomic mass is 15.1. The Morgan fingerprint density at radius 3 is 1.68 bits per heavy atom. The molecule has 0 amide bonds. The molecule has 8 aromatic rings. The summed E-state index contributed by atoms with van der Waals surface area (Å²) in [7, 11) is 0. The number of fused-ring (bicyclic) bond motifs is 1. The highest BCUT2D eigenvalue weighted by Crippen LogP contribution is 2.41. The van der Waals surface area contributed by atoms with Crippen LogP contribution in [0.2, 0.25) is 0 Å². The average molecular weight is 614 g/mol. The van der Waals surface area contributed by atoms with Crippen LogP contribution in [0.5, 0.6) is 0 Å². The molecule has 0 heterocycles. The van der Waals surface area contributed by atoms with Crippen LogP contribution in [-0.4, -0.2) is 0 Å². The van der Waals surface area contributed by atoms with E-state index in [1.54, 1.807) is 4.90 Å². The van der Waals surface area contributed by atoms with Crippen molar-refractivity contribution in [1.29, 1.82) is 0 Å². The summed E-state index contributed by atoms with van der Waals surface area (Å²) in [5, 5.41) is 1.68. The van der Waals surface area contributed by atoms with Crippen LogP contribution in [0.3, 0.4) is 0 Å². The second-order valence-electron chi connectivity index (χ2n) is 10.7. The molecule has 0 aliphatic carbocycles. The average Bonchev–Trinajstić information content (AvgIpc) is 3.28. The van der Waals surface area contributed by atoms with Crippen LogP contribution >= 0.6 is 0 Å². The molecule has 8 aromatic carbocycles. The fourth-order valence-corrected chi connectivity index (χ4v) is 5.68. The van der Waals surface area contributed by atoms with E-state index in [-0.39, 0.29) is 39.1 Å². The molecule has 0 fully saturated rings. The minimum Gasteiger partial charge on any atom is -0.310 e. The fourth-order valence-electron chi connectivity index (χ4n) is 5.68. The van der Waals surface area contributed by atoms with Crippen molar-refractivity contribution < 1.29 is 19.2 Å². The molecule has 0 bridgehead atoms. The molecule has 47 heavy (non-hydrogen) atoms. The van der Waals surface area contributed by atoms with Gasteiger partial charge in [-0.1, -0.05) is 164 Å². The summed E-state index contributed by atoms with van der Waals surface area (Å²) < 4.78 is 123. The van der Waals surface area contributed by atoms with E-state index in [1.165, 1.54) is 18.2 Å². The number of hydrogen-bond donors (Lipinski definition) is 0. The number of hydrogen-bond acceptors (Lipinski definition) is 1. The summed E-state index contributed by atoms with van der Waals surface area (Å²) in [6.45, 7) is 0. The first kappa shape index (κ1) is 16.9. The van der Waals surface area contributed by atoms with Gasteiger partial charge in [-0.05, 0) is 86.2 Å². The molecule has 0 spiro atoms. The molecule has 222 valence electrons. The van der Waals surface area contributed by atoms with Crippen molar-refractivity contribution in [2.24, 2.45) is 0 Å². The van der Waals surface area contributed by atoms with E-state index in [9.17, 15) is 5.48 Å². The van der Waals surface area contributed by atoms with Gasteiger partial charge < -0.3 is 4.90 Å². The second kappa shape index (κ2) is 12.7. The molecule has 0 N–H and O–H groups in total. The predicted molar refractivity (Wildman–Crippen MR) is 200 cm³/mol. The van der Waals surface area contributed by atoms with Gasteiger partial charge in [0.2, 0.25) is 0 Å². The van der Waals surface area contributed by atoms with Crippen molar-refractivity contribution in [2.45, 2.75) is 0 Å². The SMILES string of the molecule is [2H]c1c([2H])c([2H])c(-c2ccc(-c3c([2H])c([2H])c(N(c4ccc(-c5ccccc5)cc4)c4cccc5ccccc45)c([2H])c3[2H])cc2-c2c([2H])c([2H])c([2H])c([2H])c2[2H])c([2H])c1[2H]. The van der Waals surface area contributed by atoms with Gasteiger partial charge in [0.1, 0.15) is 0 Å². The predicted octanol–water partition coefficient (Wildman–Crippen LogP) is 13.0. The zero-order chi connectivity index (χ0) is 43.6. The van der Waals surface area contributed by atoms with E-state index in [0.717, 1.165) is 21.9 Å². The maximum atomic E-state index is 9.53. The van der Waals surface area contributed by atoms with Crippen LogP contribution in [0, 0.1) is 0 Å². The Hall–Kier alpha value is -6.18. The van der Waals surface area contributed by atoms with Crippen LogP contribution in [0.4, 0.5) is 17.1 Å². The van der Waals surface area contributed by atoms with Crippen LogP contribution < -0.4 is 4.90 Å². The minimum atomic E-state index is -0.674. The molecule has 1 nitrogen and oxygen atoms in total. The smallest absolute Gasteiger partial charge is 0.0645 e. The van der Waals surface area contributed by atoms with E-state index in [4.69, 9.17) is 13.7 Å². The topological polar surface area (TPSA) is 3.24 Å². The van der Waals surface area contributed by atoms with E-state index >= 15 is 0 Å². The molecule has 0 atom stereocenters. The quantitative estimate of drug-likeness (QED) is 0.173. The van der Waals surface area contributed by atoms with Gasteiger partial charge >= 0.3 is 0 Å². The summed E-state index contributed by atoms with van der Waals surface area (Å²) in [6.07, 6.45) is 0. The van der Waals surface area contributed by atoms with Crippen LogP contribution in [-0.2, 0) is 0 Å². The number of anilines is 3. The molecule has 0 saturated heterocycles. The van der Waals surface area contributed by atoms with E-state index in [1.807, 2.05) is 97.1 Å². The van der Waals surface area contributed by atoms with Crippen molar-refractivity contribution in [2.75, 3.05) is 4.90 Å². The third-order valence-corrected chi connectivity index (χ3v) is 7.92. The third-order valence-electron chi connectivity index (χ3n) is 7.92. The number of rotatable bonds is 7. The summed E-state index contributed by atoms with van der Waals surface area (Å²) in [6, 6.07) is 26.6. The van der Waals surface area contributed by atoms with E-state index < -0.39 is 84.6 Å². The lowest BCUT2D eigenvalue weighted by Crippen LogP contribution is -2.10. The molecule has 0 aliphatic heterocycles. The van der Waals surface area contributed by atoms with Crippen molar-refractivity contribution >= 4 is 27.8 Å². The Balaban J connectivity index is 1.39. The molecule has 0 radical (unpaired) electrons. The standard InChI is InChI=1S/C46H33N/c1-4-13-34(14-5-1)35-23-28-41(29-24-35)47(46-22-12-20-38-19-10-11-21-44(38)46)42-30-25-36(26-31-42)40-27-32-43(37-15-6-2-7-16-37)45(33-40)39-17-8-3-9-18-39/h1-33H/i2D,3D,6D,7D,8D,9D,15D,16D,17D,18D,25D,26D,30D,31D. The minimum absolute atomic E-state index is 0.0378. The lowest BCUT2D eigenvalue weighted by atomic mass is 9.91. The van der Waals surface area contributed by atoms with E-state index in [0.29, 0.717) is 11.4 Å².